The van der Waals surface area contributed by atoms with Gasteiger partial charge in [-0.3, -0.25) is 37.3 Å². The Labute approximate surface area is 639 Å². The monoisotopic (exact) mass is 1510 g/mol. The number of hydrogen-bond acceptors (Lipinski definition) is 15. The number of carbonyl (C=O) groups is 4. The largest absolute Gasteiger partial charge is 0.472 e. The second-order valence-electron chi connectivity index (χ2n) is 24.8. The third kappa shape index (κ3) is 75.6. The van der Waals surface area contributed by atoms with Crippen molar-refractivity contribution in [3.05, 3.63) is 219 Å². The van der Waals surface area contributed by atoms with E-state index in [0.29, 0.717) is 44.9 Å². The van der Waals surface area contributed by atoms with Crippen molar-refractivity contribution in [1.82, 2.24) is 0 Å². The Morgan fingerprint density at radius 2 is 0.509 bits per heavy atom. The number of rotatable bonds is 70. The van der Waals surface area contributed by atoms with Crippen molar-refractivity contribution >= 4 is 39.5 Å². The molecule has 0 fully saturated rings. The quantitative estimate of drug-likeness (QED) is 0.0169. The molecule has 0 amide bonds. The molecule has 5 atom stereocenters. The summed E-state index contributed by atoms with van der Waals surface area (Å²) in [6, 6.07) is 0. The molecule has 0 aromatic rings. The first-order chi connectivity index (χ1) is 51.7. The molecule has 0 saturated carbocycles. The average Bonchev–Trinajstić information content (AvgIpc) is 0.933. The zero-order chi connectivity index (χ0) is 77.4. The fraction of sp³-hybridized carbons (Fsp3) is 0.540. The molecule has 106 heavy (non-hydrogen) atoms. The van der Waals surface area contributed by atoms with E-state index in [9.17, 15) is 43.2 Å². The highest BCUT2D eigenvalue weighted by molar-refractivity contribution is 7.47. The lowest BCUT2D eigenvalue weighted by Gasteiger charge is -2.21. The number of allylic oxidation sites excluding steroid dienone is 36. The van der Waals surface area contributed by atoms with Gasteiger partial charge >= 0.3 is 39.5 Å². The van der Waals surface area contributed by atoms with Crippen LogP contribution in [0.4, 0.5) is 0 Å². The molecule has 0 rings (SSSR count). The van der Waals surface area contributed by atoms with Crippen LogP contribution in [0.3, 0.4) is 0 Å². The van der Waals surface area contributed by atoms with E-state index in [1.54, 1.807) is 0 Å². The maximum absolute atomic E-state index is 13.1. The van der Waals surface area contributed by atoms with Crippen molar-refractivity contribution in [2.75, 3.05) is 39.6 Å². The molecule has 19 heteroatoms. The van der Waals surface area contributed by atoms with Crippen molar-refractivity contribution in [3.8, 4) is 0 Å². The summed E-state index contributed by atoms with van der Waals surface area (Å²) >= 11 is 0. The topological polar surface area (TPSA) is 237 Å². The summed E-state index contributed by atoms with van der Waals surface area (Å²) in [5, 5.41) is 10.6. The summed E-state index contributed by atoms with van der Waals surface area (Å²) in [6.07, 6.45) is 96.8. The molecule has 0 heterocycles. The fourth-order valence-corrected chi connectivity index (χ4v) is 10.7. The van der Waals surface area contributed by atoms with Crippen molar-refractivity contribution in [2.24, 2.45) is 0 Å². The minimum atomic E-state index is -5.02. The Morgan fingerprint density at radius 1 is 0.274 bits per heavy atom. The van der Waals surface area contributed by atoms with Gasteiger partial charge in [0, 0.05) is 25.7 Å². The molecule has 0 aliphatic rings. The molecule has 0 spiro atoms. The molecular weight excluding hydrogens is 1380 g/mol. The molecule has 0 saturated heterocycles. The van der Waals surface area contributed by atoms with Crippen LogP contribution >= 0.6 is 15.6 Å². The van der Waals surface area contributed by atoms with Crippen LogP contribution in [0, 0.1) is 0 Å². The van der Waals surface area contributed by atoms with Crippen molar-refractivity contribution in [2.45, 2.75) is 264 Å². The highest BCUT2D eigenvalue weighted by Gasteiger charge is 2.30. The van der Waals surface area contributed by atoms with Crippen LogP contribution in [-0.4, -0.2) is 96.7 Å². The van der Waals surface area contributed by atoms with Crippen LogP contribution in [0.1, 0.15) is 246 Å². The Hall–Kier alpha value is -6.62. The van der Waals surface area contributed by atoms with Gasteiger partial charge in [-0.15, -0.1) is 0 Å². The number of aliphatic hydroxyl groups is 1. The van der Waals surface area contributed by atoms with Crippen molar-refractivity contribution in [1.29, 1.82) is 0 Å². The zero-order valence-electron chi connectivity index (χ0n) is 64.8. The number of ether oxygens (including phenoxy) is 4. The first-order valence-corrected chi connectivity index (χ1v) is 42.0. The van der Waals surface area contributed by atoms with Crippen LogP contribution in [0.5, 0.6) is 0 Å². The number of phosphoric acid groups is 2. The van der Waals surface area contributed by atoms with Gasteiger partial charge in [-0.1, -0.05) is 272 Å². The number of phosphoric ester groups is 2. The van der Waals surface area contributed by atoms with E-state index in [0.717, 1.165) is 148 Å². The van der Waals surface area contributed by atoms with Crippen LogP contribution in [0.15, 0.2) is 219 Å². The highest BCUT2D eigenvalue weighted by Crippen LogP contribution is 2.45. The summed E-state index contributed by atoms with van der Waals surface area (Å²) in [5.74, 6) is -2.47. The molecule has 594 valence electrons. The molecule has 0 bridgehead atoms. The zero-order valence-corrected chi connectivity index (χ0v) is 66.5. The molecule has 17 nitrogen and oxygen atoms in total. The Kier molecular flexibility index (Phi) is 71.8. The molecule has 0 aromatic heterocycles. The maximum atomic E-state index is 13.1. The number of aliphatic hydroxyl groups excluding tert-OH is 1. The predicted molar refractivity (Wildman–Crippen MR) is 435 cm³/mol. The van der Waals surface area contributed by atoms with Gasteiger partial charge in [-0.2, -0.15) is 0 Å². The van der Waals surface area contributed by atoms with Crippen LogP contribution in [0.2, 0.25) is 0 Å². The Bertz CT molecular complexity index is 2880. The second kappa shape index (κ2) is 76.6. The molecule has 3 N–H and O–H groups in total. The van der Waals surface area contributed by atoms with Gasteiger partial charge in [-0.05, 0) is 167 Å². The van der Waals surface area contributed by atoms with Gasteiger partial charge < -0.3 is 33.8 Å². The van der Waals surface area contributed by atoms with E-state index in [-0.39, 0.29) is 25.7 Å². The lowest BCUT2D eigenvalue weighted by atomic mass is 10.1. The standard InChI is InChI=1S/C87H134O17P2/c1-5-9-13-17-21-25-29-33-36-38-40-42-45-48-51-55-59-63-67-71-84(89)97-77-82(103-86(91)73-69-65-61-57-53-47-32-28-24-20-16-12-8-4)79-101-105(93,94)99-75-81(88)76-100-106(95,96)102-80-83(104-87(92)74-70-66-62-58-54-50-44-35-31-27-23-19-15-11-7-3)78-98-85(90)72-68-64-60-56-52-49-46-43-41-39-37-34-30-26-22-18-14-10-6-2/h9-11,13-16,20-23,25-28,32-37,40-44,48-49,51-52,54,58-60,63-64,81-83,88H,5-8,12,17-19,24,29-31,38-39,45-47,50,53,55-57,61-62,65-80H2,1-4H3,(H,93,94)(H,95,96)/b13-9-,14-10-,15-11-,20-16-,25-21-,26-22-,27-23-,32-28-,36-33-,37-34-,42-40-,43-41-,44-35-,51-48-,52-49-,58-54-,63-59-,64-60-. The predicted octanol–water partition coefficient (Wildman–Crippen LogP) is 22.9. The first kappa shape index (κ1) is 99.4. The second-order valence-corrected chi connectivity index (χ2v) is 27.7. The van der Waals surface area contributed by atoms with Gasteiger partial charge in [0.25, 0.3) is 0 Å². The Morgan fingerprint density at radius 3 is 0.811 bits per heavy atom. The van der Waals surface area contributed by atoms with E-state index in [4.69, 9.17) is 37.0 Å². The van der Waals surface area contributed by atoms with Crippen molar-refractivity contribution < 1.29 is 80.2 Å². The van der Waals surface area contributed by atoms with Crippen LogP contribution in [0.25, 0.3) is 0 Å². The summed E-state index contributed by atoms with van der Waals surface area (Å²) in [6.45, 7) is 4.17. The third-order valence-electron chi connectivity index (χ3n) is 14.9. The summed E-state index contributed by atoms with van der Waals surface area (Å²) in [4.78, 5) is 72.9. The summed E-state index contributed by atoms with van der Waals surface area (Å²) in [7, 11) is -10.0. The van der Waals surface area contributed by atoms with E-state index >= 15 is 0 Å². The highest BCUT2D eigenvalue weighted by atomic mass is 31.2. The van der Waals surface area contributed by atoms with Gasteiger partial charge in [0.15, 0.2) is 12.2 Å². The van der Waals surface area contributed by atoms with Gasteiger partial charge in [-0.25, -0.2) is 9.13 Å². The van der Waals surface area contributed by atoms with Gasteiger partial charge in [0.2, 0.25) is 0 Å². The lowest BCUT2D eigenvalue weighted by molar-refractivity contribution is -0.161. The summed E-state index contributed by atoms with van der Waals surface area (Å²) < 4.78 is 68.3. The number of esters is 4. The number of unbranched alkanes of at least 4 members (excludes halogenated alkanes) is 8. The molecule has 0 aliphatic heterocycles. The third-order valence-corrected chi connectivity index (χ3v) is 16.8. The van der Waals surface area contributed by atoms with Gasteiger partial charge in [0.1, 0.15) is 19.3 Å². The minimum absolute atomic E-state index is 0.0150. The normalized spacial score (nSPS) is 15.0. The molecule has 0 aliphatic carbocycles. The van der Waals surface area contributed by atoms with E-state index in [2.05, 4.69) is 204 Å². The number of hydrogen-bond donors (Lipinski definition) is 3. The van der Waals surface area contributed by atoms with Crippen LogP contribution in [-0.2, 0) is 65.4 Å². The molecule has 0 aromatic carbocycles. The smallest absolute Gasteiger partial charge is 0.462 e. The fourth-order valence-electron chi connectivity index (χ4n) is 9.12. The first-order valence-electron chi connectivity index (χ1n) is 39.0. The molecule has 5 unspecified atom stereocenters. The molecular formula is C87H134O17P2. The SMILES string of the molecule is CC/C=C\C/C=C\C/C=C\C/C=C\C/C=C\C/C=C\CCC(=O)OCC(COP(=O)(O)OCC(O)COP(=O)(O)OCC(COC(=O)CC/C=C\C/C=C\C/C=C\C/C=C\C/C=C\C/C=C\CC)OC(=O)CCCCCCC/C=C\C/C=C\CCC)OC(=O)CCCC/C=C\C/C=C\C/C=C\C/C=C\CC. The summed E-state index contributed by atoms with van der Waals surface area (Å²) in [5.41, 5.74) is 0. The maximum Gasteiger partial charge on any atom is 0.472 e. The van der Waals surface area contributed by atoms with Gasteiger partial charge in [0.05, 0.1) is 26.4 Å². The van der Waals surface area contributed by atoms with Crippen LogP contribution < -0.4 is 0 Å². The van der Waals surface area contributed by atoms with E-state index in [1.165, 1.54) is 0 Å². The molecule has 0 radical (unpaired) electrons. The Balaban J connectivity index is 5.55. The van der Waals surface area contributed by atoms with E-state index in [1.807, 2.05) is 42.5 Å². The van der Waals surface area contributed by atoms with Crippen molar-refractivity contribution in [3.63, 3.8) is 0 Å². The number of carbonyl (C=O) groups excluding carboxylic acids is 4. The lowest BCUT2D eigenvalue weighted by Crippen LogP contribution is -2.30. The van der Waals surface area contributed by atoms with E-state index < -0.39 is 97.5 Å². The minimum Gasteiger partial charge on any atom is -0.462 e. The average molecular weight is 1510 g/mol.